The fourth-order valence-electron chi connectivity index (χ4n) is 5.72. The van der Waals surface area contributed by atoms with Crippen molar-refractivity contribution < 1.29 is 0 Å². The summed E-state index contributed by atoms with van der Waals surface area (Å²) in [6.07, 6.45) is 7.90. The molecule has 1 aliphatic rings. The molecule has 0 radical (unpaired) electrons. The minimum Gasteiger partial charge on any atom is -0.321 e. The normalized spacial score (nSPS) is 15.5. The standard InChI is InChI=1S/C30H38N6O/c1-4-9-27(29-32-33-34-36(29)26-12-6-5-7-13-26)35(19-23-16-14-21(2)15-17-23)20-25-18-24-11-8-10-22(3)28(24)31-30(25)37/h8,10-11,14-18,26-27H,4-7,9,12-13,19-20H2,1-3H3,(H,31,37). The van der Waals surface area contributed by atoms with Crippen molar-refractivity contribution in [2.24, 2.45) is 0 Å². The lowest BCUT2D eigenvalue weighted by molar-refractivity contribution is 0.150. The van der Waals surface area contributed by atoms with Crippen LogP contribution in [-0.2, 0) is 13.1 Å². The lowest BCUT2D eigenvalue weighted by atomic mass is 9.95. The Morgan fingerprint density at radius 2 is 1.84 bits per heavy atom. The van der Waals surface area contributed by atoms with Gasteiger partial charge in [0.2, 0.25) is 0 Å². The molecule has 1 atom stereocenters. The van der Waals surface area contributed by atoms with Crippen molar-refractivity contribution in [2.45, 2.75) is 90.9 Å². The van der Waals surface area contributed by atoms with Gasteiger partial charge in [0.05, 0.1) is 17.6 Å². The van der Waals surface area contributed by atoms with Crippen LogP contribution in [0, 0.1) is 13.8 Å². The van der Waals surface area contributed by atoms with Crippen LogP contribution in [0.4, 0.5) is 0 Å². The Hall–Kier alpha value is -3.32. The van der Waals surface area contributed by atoms with Crippen LogP contribution in [0.25, 0.3) is 10.9 Å². The summed E-state index contributed by atoms with van der Waals surface area (Å²) in [5.41, 5.74) is 5.18. The fraction of sp³-hybridized carbons (Fsp3) is 0.467. The minimum absolute atomic E-state index is 0.0100. The molecule has 7 heteroatoms. The van der Waals surface area contributed by atoms with Gasteiger partial charge in [0.15, 0.2) is 5.82 Å². The summed E-state index contributed by atoms with van der Waals surface area (Å²) >= 11 is 0. The van der Waals surface area contributed by atoms with E-state index in [2.05, 4.69) is 80.3 Å². The number of benzene rings is 2. The third-order valence-electron chi connectivity index (χ3n) is 7.78. The molecule has 194 valence electrons. The topological polar surface area (TPSA) is 79.7 Å². The Morgan fingerprint density at radius 3 is 2.59 bits per heavy atom. The Balaban J connectivity index is 1.54. The van der Waals surface area contributed by atoms with Gasteiger partial charge >= 0.3 is 0 Å². The summed E-state index contributed by atoms with van der Waals surface area (Å²) in [5.74, 6) is 0.925. The Kier molecular flexibility index (Phi) is 7.79. The highest BCUT2D eigenvalue weighted by Crippen LogP contribution is 2.33. The van der Waals surface area contributed by atoms with Crippen molar-refractivity contribution in [1.29, 1.82) is 0 Å². The van der Waals surface area contributed by atoms with Gasteiger partial charge in [0.1, 0.15) is 0 Å². The van der Waals surface area contributed by atoms with E-state index in [1.54, 1.807) is 0 Å². The van der Waals surface area contributed by atoms with E-state index in [0.717, 1.165) is 53.5 Å². The lowest BCUT2D eigenvalue weighted by Gasteiger charge is -2.32. The number of pyridine rings is 1. The molecule has 0 amide bonds. The van der Waals surface area contributed by atoms with Gasteiger partial charge in [-0.3, -0.25) is 9.69 Å². The maximum atomic E-state index is 13.3. The number of aromatic amines is 1. The molecule has 0 aliphatic heterocycles. The SMILES string of the molecule is CCCC(c1nnnn1C1CCCCC1)N(Cc1ccc(C)cc1)Cc1cc2cccc(C)c2[nH]c1=O. The number of tetrazole rings is 1. The quantitative estimate of drug-likeness (QED) is 0.298. The Bertz CT molecular complexity index is 1380. The molecule has 1 saturated carbocycles. The first-order valence-electron chi connectivity index (χ1n) is 13.7. The van der Waals surface area contributed by atoms with Crippen LogP contribution in [0.3, 0.4) is 0 Å². The molecule has 7 nitrogen and oxygen atoms in total. The van der Waals surface area contributed by atoms with Gasteiger partial charge in [-0.25, -0.2) is 4.68 Å². The summed E-state index contributed by atoms with van der Waals surface area (Å²) in [6, 6.07) is 17.2. The largest absolute Gasteiger partial charge is 0.321 e. The molecule has 37 heavy (non-hydrogen) atoms. The number of nitrogens with one attached hydrogen (secondary N) is 1. The van der Waals surface area contributed by atoms with Crippen LogP contribution in [0.15, 0.2) is 53.3 Å². The lowest BCUT2D eigenvalue weighted by Crippen LogP contribution is -2.33. The second-order valence-corrected chi connectivity index (χ2v) is 10.6. The third-order valence-corrected chi connectivity index (χ3v) is 7.78. The zero-order valence-electron chi connectivity index (χ0n) is 22.3. The number of aromatic nitrogens is 5. The van der Waals surface area contributed by atoms with Crippen LogP contribution in [0.5, 0.6) is 0 Å². The van der Waals surface area contributed by atoms with Crippen LogP contribution in [-0.4, -0.2) is 30.1 Å². The minimum atomic E-state index is -0.0298. The molecule has 0 bridgehead atoms. The molecule has 1 unspecified atom stereocenters. The van der Waals surface area contributed by atoms with E-state index in [1.807, 2.05) is 19.1 Å². The second-order valence-electron chi connectivity index (χ2n) is 10.6. The Morgan fingerprint density at radius 1 is 1.05 bits per heavy atom. The molecule has 1 fully saturated rings. The molecular weight excluding hydrogens is 460 g/mol. The number of fused-ring (bicyclic) bond motifs is 1. The van der Waals surface area contributed by atoms with Crippen LogP contribution in [0.2, 0.25) is 0 Å². The Labute approximate surface area is 218 Å². The number of hydrogen-bond donors (Lipinski definition) is 1. The average Bonchev–Trinajstić information content (AvgIpc) is 3.39. The summed E-state index contributed by atoms with van der Waals surface area (Å²) < 4.78 is 2.09. The number of para-hydroxylation sites is 1. The molecule has 1 aliphatic carbocycles. The van der Waals surface area contributed by atoms with Gasteiger partial charge in [0, 0.05) is 18.7 Å². The summed E-state index contributed by atoms with van der Waals surface area (Å²) in [5, 5.41) is 14.3. The highest BCUT2D eigenvalue weighted by Gasteiger charge is 2.29. The number of hydrogen-bond acceptors (Lipinski definition) is 5. The highest BCUT2D eigenvalue weighted by atomic mass is 16.1. The van der Waals surface area contributed by atoms with Crippen molar-refractivity contribution in [3.05, 3.63) is 87.0 Å². The zero-order valence-corrected chi connectivity index (χ0v) is 22.3. The molecule has 0 saturated heterocycles. The van der Waals surface area contributed by atoms with Gasteiger partial charge in [-0.1, -0.05) is 80.6 Å². The number of rotatable bonds is 9. The summed E-state index contributed by atoms with van der Waals surface area (Å²) in [4.78, 5) is 18.8. The maximum Gasteiger partial charge on any atom is 0.252 e. The van der Waals surface area contributed by atoms with E-state index in [-0.39, 0.29) is 11.6 Å². The first-order chi connectivity index (χ1) is 18.0. The average molecular weight is 499 g/mol. The van der Waals surface area contributed by atoms with Crippen molar-refractivity contribution in [1.82, 2.24) is 30.1 Å². The summed E-state index contributed by atoms with van der Waals surface area (Å²) in [7, 11) is 0. The van der Waals surface area contributed by atoms with Gasteiger partial charge in [-0.05, 0) is 66.1 Å². The van der Waals surface area contributed by atoms with Gasteiger partial charge in [-0.15, -0.1) is 5.10 Å². The molecular formula is C30H38N6O. The van der Waals surface area contributed by atoms with Crippen molar-refractivity contribution in [2.75, 3.05) is 0 Å². The van der Waals surface area contributed by atoms with E-state index in [0.29, 0.717) is 19.1 Å². The molecule has 5 rings (SSSR count). The summed E-state index contributed by atoms with van der Waals surface area (Å²) in [6.45, 7) is 7.58. The number of aryl methyl sites for hydroxylation is 2. The monoisotopic (exact) mass is 498 g/mol. The smallest absolute Gasteiger partial charge is 0.252 e. The second kappa shape index (κ2) is 11.4. The van der Waals surface area contributed by atoms with Crippen molar-refractivity contribution in [3.8, 4) is 0 Å². The zero-order chi connectivity index (χ0) is 25.8. The predicted octanol–water partition coefficient (Wildman–Crippen LogP) is 6.18. The van der Waals surface area contributed by atoms with Gasteiger partial charge < -0.3 is 4.98 Å². The van der Waals surface area contributed by atoms with Crippen molar-refractivity contribution in [3.63, 3.8) is 0 Å². The van der Waals surface area contributed by atoms with E-state index >= 15 is 0 Å². The first kappa shape index (κ1) is 25.3. The molecule has 4 aromatic rings. The van der Waals surface area contributed by atoms with E-state index in [9.17, 15) is 4.79 Å². The van der Waals surface area contributed by atoms with E-state index in [1.165, 1.54) is 30.4 Å². The predicted molar refractivity (Wildman–Crippen MR) is 147 cm³/mol. The van der Waals surface area contributed by atoms with Crippen LogP contribution >= 0.6 is 0 Å². The van der Waals surface area contributed by atoms with Gasteiger partial charge in [-0.2, -0.15) is 0 Å². The molecule has 1 N–H and O–H groups in total. The van der Waals surface area contributed by atoms with E-state index < -0.39 is 0 Å². The number of H-pyrrole nitrogens is 1. The van der Waals surface area contributed by atoms with Crippen LogP contribution < -0.4 is 5.56 Å². The van der Waals surface area contributed by atoms with Gasteiger partial charge in [0.25, 0.3) is 5.56 Å². The molecule has 0 spiro atoms. The van der Waals surface area contributed by atoms with Crippen LogP contribution in [0.1, 0.15) is 92.0 Å². The fourth-order valence-corrected chi connectivity index (χ4v) is 5.72. The highest BCUT2D eigenvalue weighted by molar-refractivity contribution is 5.81. The number of nitrogens with zero attached hydrogens (tertiary/aromatic N) is 5. The molecule has 2 aromatic heterocycles. The molecule has 2 heterocycles. The van der Waals surface area contributed by atoms with Crippen molar-refractivity contribution >= 4 is 10.9 Å². The first-order valence-corrected chi connectivity index (χ1v) is 13.7. The maximum absolute atomic E-state index is 13.3. The molecule has 2 aromatic carbocycles. The van der Waals surface area contributed by atoms with E-state index in [4.69, 9.17) is 0 Å². The third kappa shape index (κ3) is 5.67.